The lowest BCUT2D eigenvalue weighted by Crippen LogP contribution is -2.30. The molecule has 1 aromatic heterocycles. The molecule has 7 rings (SSSR count). The van der Waals surface area contributed by atoms with Crippen LogP contribution in [0.15, 0.2) is 128 Å². The van der Waals surface area contributed by atoms with Crippen LogP contribution in [-0.2, 0) is 47.8 Å². The van der Waals surface area contributed by atoms with Gasteiger partial charge in [0.2, 0.25) is 25.5 Å². The molecule has 0 atom stereocenters. The summed E-state index contributed by atoms with van der Waals surface area (Å²) in [6.45, 7) is 8.66. The van der Waals surface area contributed by atoms with Gasteiger partial charge in [-0.1, -0.05) is 43.2 Å². The Kier molecular flexibility index (Phi) is 19.2. The number of ether oxygens (including phenoxy) is 10. The summed E-state index contributed by atoms with van der Waals surface area (Å²) in [5.41, 5.74) is 4.03. The fourth-order valence-electron chi connectivity index (χ4n) is 7.80. The number of esters is 7. The SMILES string of the molecule is C=CC(=O)OCOc1ccc(OC(=O)C2CCC(C(=O)Oc3ccc(OC(=O)C4CCC(C(=O)Oc5ccc(OCOC(=O)C=C)c(OCOC(=O)C=C)c5)CC4)cc3/C=N/Nc3nc4ccccc4s3)CC2)cc1. The highest BCUT2D eigenvalue weighted by molar-refractivity contribution is 7.22. The van der Waals surface area contributed by atoms with Gasteiger partial charge >= 0.3 is 41.8 Å². The van der Waals surface area contributed by atoms with Crippen LogP contribution in [0.5, 0.6) is 40.2 Å². The molecule has 1 heterocycles. The molecule has 2 fully saturated rings. The van der Waals surface area contributed by atoms with Crippen LogP contribution in [0.1, 0.15) is 56.9 Å². The molecule has 75 heavy (non-hydrogen) atoms. The summed E-state index contributed by atoms with van der Waals surface area (Å²) in [6, 6.07) is 22.6. The Morgan fingerprint density at radius 1 is 0.520 bits per heavy atom. The van der Waals surface area contributed by atoms with Crippen molar-refractivity contribution in [2.75, 3.05) is 25.8 Å². The van der Waals surface area contributed by atoms with Gasteiger partial charge in [-0.05, 0) is 118 Å². The Morgan fingerprint density at radius 3 is 1.49 bits per heavy atom. The van der Waals surface area contributed by atoms with Crippen molar-refractivity contribution in [2.45, 2.75) is 51.4 Å². The van der Waals surface area contributed by atoms with Gasteiger partial charge in [0.1, 0.15) is 28.7 Å². The molecule has 0 amide bonds. The highest BCUT2D eigenvalue weighted by atomic mass is 32.1. The second kappa shape index (κ2) is 26.7. The molecular formula is C54H51N3O17S. The summed E-state index contributed by atoms with van der Waals surface area (Å²) in [4.78, 5) is 92.4. The van der Waals surface area contributed by atoms with E-state index in [4.69, 9.17) is 47.4 Å². The molecule has 0 unspecified atom stereocenters. The van der Waals surface area contributed by atoms with Gasteiger partial charge in [0.05, 0.1) is 40.1 Å². The Balaban J connectivity index is 0.934. The monoisotopic (exact) mass is 1050 g/mol. The molecule has 2 aliphatic carbocycles. The third-order valence-corrected chi connectivity index (χ3v) is 12.7. The van der Waals surface area contributed by atoms with Gasteiger partial charge in [-0.2, -0.15) is 5.10 Å². The maximum atomic E-state index is 13.6. The minimum Gasteiger partial charge on any atom is -0.457 e. The Morgan fingerprint density at radius 2 is 0.960 bits per heavy atom. The van der Waals surface area contributed by atoms with E-state index in [0.29, 0.717) is 73.6 Å². The zero-order valence-corrected chi connectivity index (χ0v) is 41.2. The quantitative estimate of drug-likeness (QED) is 0.0122. The summed E-state index contributed by atoms with van der Waals surface area (Å²) < 4.78 is 54.9. The van der Waals surface area contributed by atoms with Crippen LogP contribution in [-0.4, -0.2) is 73.4 Å². The number of hydrogen-bond donors (Lipinski definition) is 1. The van der Waals surface area contributed by atoms with E-state index in [1.165, 1.54) is 53.9 Å². The van der Waals surface area contributed by atoms with E-state index in [9.17, 15) is 33.6 Å². The normalized spacial score (nSPS) is 17.0. The maximum absolute atomic E-state index is 13.6. The number of aromatic nitrogens is 1. The molecule has 5 aromatic rings. The molecule has 0 saturated heterocycles. The second-order valence-electron chi connectivity index (χ2n) is 16.7. The molecule has 21 heteroatoms. The molecule has 0 aliphatic heterocycles. The van der Waals surface area contributed by atoms with E-state index in [1.54, 1.807) is 24.3 Å². The zero-order valence-electron chi connectivity index (χ0n) is 40.3. The molecule has 390 valence electrons. The standard InChI is InChI=1S/C54H51N3O17S/c1-4-47(58)68-30-65-38-19-21-39(22-20-38)71-50(61)33-15-17-36(18-16-33)53(64)74-43-25-23-40(27-37(43)29-55-57-54-56-42-9-7-8-10-46(42)75-54)72-51(62)34-11-13-35(14-12-34)52(63)73-41-24-26-44(66-31-69-48(59)5-2)45(28-41)67-32-70-49(60)6-3/h4-10,19-29,33-36H,1-3,11-18,30-32H2,(H,56,57)/b55-29+. The first-order chi connectivity index (χ1) is 36.4. The van der Waals surface area contributed by atoms with Crippen LogP contribution in [0.4, 0.5) is 5.13 Å². The lowest BCUT2D eigenvalue weighted by atomic mass is 9.82. The van der Waals surface area contributed by atoms with E-state index < -0.39 is 79.0 Å². The fourth-order valence-corrected chi connectivity index (χ4v) is 8.62. The van der Waals surface area contributed by atoms with Crippen molar-refractivity contribution in [1.29, 1.82) is 0 Å². The summed E-state index contributed by atoms with van der Waals surface area (Å²) in [7, 11) is 0. The van der Waals surface area contributed by atoms with Crippen LogP contribution < -0.4 is 38.6 Å². The topological polar surface area (TPSA) is 249 Å². The van der Waals surface area contributed by atoms with Crippen molar-refractivity contribution in [1.82, 2.24) is 4.98 Å². The number of hydrazone groups is 1. The smallest absolute Gasteiger partial charge is 0.333 e. The number of fused-ring (bicyclic) bond motifs is 1. The van der Waals surface area contributed by atoms with Gasteiger partial charge in [-0.25, -0.2) is 19.4 Å². The van der Waals surface area contributed by atoms with Gasteiger partial charge in [0, 0.05) is 29.9 Å². The number of thiazole rings is 1. The van der Waals surface area contributed by atoms with Crippen molar-refractivity contribution in [3.8, 4) is 40.2 Å². The summed E-state index contributed by atoms with van der Waals surface area (Å²) in [5, 5.41) is 4.88. The Labute approximate surface area is 433 Å². The van der Waals surface area contributed by atoms with Gasteiger partial charge < -0.3 is 47.4 Å². The van der Waals surface area contributed by atoms with Crippen LogP contribution in [0.25, 0.3) is 10.2 Å². The van der Waals surface area contributed by atoms with Crippen molar-refractivity contribution in [3.63, 3.8) is 0 Å². The average Bonchev–Trinajstić information content (AvgIpc) is 3.85. The summed E-state index contributed by atoms with van der Waals surface area (Å²) >= 11 is 1.40. The first-order valence-corrected chi connectivity index (χ1v) is 24.3. The third kappa shape index (κ3) is 15.8. The first-order valence-electron chi connectivity index (χ1n) is 23.5. The Hall–Kier alpha value is -8.85. The number of para-hydroxylation sites is 1. The van der Waals surface area contributed by atoms with Crippen molar-refractivity contribution in [2.24, 2.45) is 28.8 Å². The highest BCUT2D eigenvalue weighted by Gasteiger charge is 2.34. The van der Waals surface area contributed by atoms with Gasteiger partial charge in [-0.3, -0.25) is 24.6 Å². The fraction of sp³-hybridized carbons (Fsp3) is 0.278. The predicted molar refractivity (Wildman–Crippen MR) is 269 cm³/mol. The van der Waals surface area contributed by atoms with E-state index in [2.05, 4.69) is 35.2 Å². The molecule has 2 aliphatic rings. The first kappa shape index (κ1) is 53.9. The Bertz CT molecular complexity index is 2900. The third-order valence-electron chi connectivity index (χ3n) is 11.8. The summed E-state index contributed by atoms with van der Waals surface area (Å²) in [6.07, 6.45) is 7.21. The number of anilines is 1. The number of rotatable bonds is 23. The molecule has 20 nitrogen and oxygen atoms in total. The molecule has 4 aromatic carbocycles. The minimum atomic E-state index is -0.738. The molecular weight excluding hydrogens is 995 g/mol. The van der Waals surface area contributed by atoms with Gasteiger partial charge in [0.25, 0.3) is 0 Å². The van der Waals surface area contributed by atoms with E-state index in [1.807, 2.05) is 24.3 Å². The lowest BCUT2D eigenvalue weighted by molar-refractivity contribution is -0.146. The zero-order chi connectivity index (χ0) is 53.1. The van der Waals surface area contributed by atoms with Crippen LogP contribution in [0.2, 0.25) is 0 Å². The maximum Gasteiger partial charge on any atom is 0.333 e. The summed E-state index contributed by atoms with van der Waals surface area (Å²) in [5.74, 6) is -4.85. The van der Waals surface area contributed by atoms with Crippen molar-refractivity contribution >= 4 is 74.7 Å². The van der Waals surface area contributed by atoms with E-state index in [-0.39, 0.29) is 35.5 Å². The average molecular weight is 1050 g/mol. The number of hydrogen-bond acceptors (Lipinski definition) is 21. The van der Waals surface area contributed by atoms with Gasteiger partial charge in [-0.15, -0.1) is 0 Å². The minimum absolute atomic E-state index is 0.0179. The second-order valence-corrected chi connectivity index (χ2v) is 17.7. The highest BCUT2D eigenvalue weighted by Crippen LogP contribution is 2.37. The molecule has 1 N–H and O–H groups in total. The van der Waals surface area contributed by atoms with Crippen LogP contribution in [0.3, 0.4) is 0 Å². The van der Waals surface area contributed by atoms with Gasteiger partial charge in [0.15, 0.2) is 11.5 Å². The van der Waals surface area contributed by atoms with Crippen LogP contribution >= 0.6 is 11.3 Å². The molecule has 0 bridgehead atoms. The van der Waals surface area contributed by atoms with Crippen LogP contribution in [0, 0.1) is 23.7 Å². The predicted octanol–water partition coefficient (Wildman–Crippen LogP) is 8.57. The lowest BCUT2D eigenvalue weighted by Gasteiger charge is -2.26. The molecule has 0 spiro atoms. The largest absolute Gasteiger partial charge is 0.457 e. The van der Waals surface area contributed by atoms with E-state index >= 15 is 0 Å². The number of nitrogens with one attached hydrogen (secondary N) is 1. The van der Waals surface area contributed by atoms with Crippen molar-refractivity contribution < 1.29 is 80.9 Å². The van der Waals surface area contributed by atoms with Crippen molar-refractivity contribution in [3.05, 3.63) is 128 Å². The van der Waals surface area contributed by atoms with E-state index in [0.717, 1.165) is 28.4 Å². The number of nitrogens with zero attached hydrogens (tertiary/aromatic N) is 2. The number of carbonyl (C=O) groups is 7. The number of carbonyl (C=O) groups excluding carboxylic acids is 7. The molecule has 2 saturated carbocycles. The number of benzene rings is 4. The molecule has 0 radical (unpaired) electrons.